The number of aromatic nitrogens is 3. The number of ether oxygens (including phenoxy) is 1. The van der Waals surface area contributed by atoms with Gasteiger partial charge in [0.15, 0.2) is 5.82 Å². The van der Waals surface area contributed by atoms with Crippen molar-refractivity contribution in [3.05, 3.63) is 66.2 Å². The summed E-state index contributed by atoms with van der Waals surface area (Å²) in [5.74, 6) is 0.154. The molecule has 0 saturated carbocycles. The highest BCUT2D eigenvalue weighted by molar-refractivity contribution is 5.93. The van der Waals surface area contributed by atoms with E-state index in [2.05, 4.69) is 20.5 Å². The highest BCUT2D eigenvalue weighted by Gasteiger charge is 2.14. The maximum Gasteiger partial charge on any atom is 0.277 e. The molecular weight excluding hydrogens is 424 g/mol. The van der Waals surface area contributed by atoms with Gasteiger partial charge in [0.05, 0.1) is 18.3 Å². The van der Waals surface area contributed by atoms with Crippen molar-refractivity contribution >= 4 is 40.0 Å². The topological polar surface area (TPSA) is 136 Å². The SMILES string of the molecule is CC(=O)N(C)c1ccc(Nc2nnc(OCCc3ccnc(C(N)=O)c3)c3occc23)cc1. The molecule has 3 heterocycles. The first-order valence-electron chi connectivity index (χ1n) is 10.1. The highest BCUT2D eigenvalue weighted by Crippen LogP contribution is 2.31. The smallest absolute Gasteiger partial charge is 0.277 e. The largest absolute Gasteiger partial charge is 0.474 e. The lowest BCUT2D eigenvalue weighted by Crippen LogP contribution is -2.22. The fourth-order valence-electron chi connectivity index (χ4n) is 3.16. The molecule has 0 fully saturated rings. The molecule has 0 bridgehead atoms. The Bertz CT molecular complexity index is 1300. The third-order valence-corrected chi connectivity index (χ3v) is 5.05. The molecule has 1 aromatic carbocycles. The summed E-state index contributed by atoms with van der Waals surface area (Å²) in [6.07, 6.45) is 3.60. The van der Waals surface area contributed by atoms with Gasteiger partial charge in [0, 0.05) is 38.0 Å². The number of nitrogens with zero attached hydrogens (tertiary/aromatic N) is 4. The fourth-order valence-corrected chi connectivity index (χ4v) is 3.16. The average molecular weight is 446 g/mol. The Balaban J connectivity index is 1.45. The van der Waals surface area contributed by atoms with Gasteiger partial charge in [-0.3, -0.25) is 14.6 Å². The molecule has 0 atom stereocenters. The number of pyridine rings is 1. The number of benzene rings is 1. The van der Waals surface area contributed by atoms with Gasteiger partial charge in [-0.15, -0.1) is 10.2 Å². The van der Waals surface area contributed by atoms with E-state index in [0.29, 0.717) is 29.8 Å². The van der Waals surface area contributed by atoms with Crippen molar-refractivity contribution in [2.75, 3.05) is 23.9 Å². The van der Waals surface area contributed by atoms with Crippen LogP contribution in [0.2, 0.25) is 0 Å². The van der Waals surface area contributed by atoms with Gasteiger partial charge in [-0.2, -0.15) is 0 Å². The molecule has 4 aromatic rings. The molecule has 0 aliphatic carbocycles. The summed E-state index contributed by atoms with van der Waals surface area (Å²) in [7, 11) is 1.72. The minimum Gasteiger partial charge on any atom is -0.474 e. The number of nitrogens with one attached hydrogen (secondary N) is 1. The van der Waals surface area contributed by atoms with Crippen LogP contribution in [0.1, 0.15) is 23.0 Å². The van der Waals surface area contributed by atoms with Crippen molar-refractivity contribution in [1.29, 1.82) is 0 Å². The highest BCUT2D eigenvalue weighted by atomic mass is 16.5. The number of amides is 2. The molecule has 3 N–H and O–H groups in total. The molecule has 33 heavy (non-hydrogen) atoms. The predicted molar refractivity (Wildman–Crippen MR) is 123 cm³/mol. The molecule has 0 saturated heterocycles. The third-order valence-electron chi connectivity index (χ3n) is 5.05. The molecular formula is C23H22N6O4. The third kappa shape index (κ3) is 4.90. The molecule has 168 valence electrons. The number of fused-ring (bicyclic) bond motifs is 1. The van der Waals surface area contributed by atoms with Crippen molar-refractivity contribution in [2.45, 2.75) is 13.3 Å². The number of nitrogens with two attached hydrogens (primary N) is 1. The minimum atomic E-state index is -0.579. The first-order valence-corrected chi connectivity index (χ1v) is 10.1. The standard InChI is InChI=1S/C23H22N6O4/c1-14(30)29(2)17-5-3-16(4-6-17)26-22-18-9-12-32-20(18)23(28-27-22)33-11-8-15-7-10-25-19(13-15)21(24)31/h3-7,9-10,12-13H,8,11H2,1-2H3,(H2,24,31)(H,26,27). The maximum absolute atomic E-state index is 11.5. The number of carbonyl (C=O) groups is 2. The van der Waals surface area contributed by atoms with Crippen molar-refractivity contribution < 1.29 is 18.7 Å². The number of rotatable bonds is 8. The van der Waals surface area contributed by atoms with Crippen LogP contribution < -0.4 is 20.7 Å². The van der Waals surface area contributed by atoms with Crippen LogP contribution in [0.25, 0.3) is 11.0 Å². The molecule has 0 aliphatic heterocycles. The van der Waals surface area contributed by atoms with E-state index in [4.69, 9.17) is 14.9 Å². The summed E-state index contributed by atoms with van der Waals surface area (Å²) in [5.41, 5.74) is 8.37. The van der Waals surface area contributed by atoms with Gasteiger partial charge in [0.2, 0.25) is 11.5 Å². The second-order valence-corrected chi connectivity index (χ2v) is 7.28. The monoisotopic (exact) mass is 446 g/mol. The van der Waals surface area contributed by atoms with Crippen LogP contribution in [0.15, 0.2) is 59.3 Å². The summed E-state index contributed by atoms with van der Waals surface area (Å²) >= 11 is 0. The minimum absolute atomic E-state index is 0.0467. The van der Waals surface area contributed by atoms with Crippen molar-refractivity contribution in [3.8, 4) is 5.88 Å². The Labute approximate surface area is 189 Å². The summed E-state index contributed by atoms with van der Waals surface area (Å²) in [6, 6.07) is 12.6. The van der Waals surface area contributed by atoms with Crippen LogP contribution >= 0.6 is 0 Å². The lowest BCUT2D eigenvalue weighted by Gasteiger charge is -2.15. The molecule has 2 amide bonds. The van der Waals surface area contributed by atoms with Crippen LogP contribution in [0.5, 0.6) is 5.88 Å². The van der Waals surface area contributed by atoms with Crippen molar-refractivity contribution in [2.24, 2.45) is 5.73 Å². The van der Waals surface area contributed by atoms with E-state index >= 15 is 0 Å². The van der Waals surface area contributed by atoms with E-state index in [1.54, 1.807) is 36.4 Å². The number of carbonyl (C=O) groups excluding carboxylic acids is 2. The van der Waals surface area contributed by atoms with Crippen molar-refractivity contribution in [1.82, 2.24) is 15.2 Å². The zero-order valence-corrected chi connectivity index (χ0v) is 18.1. The van der Waals surface area contributed by atoms with E-state index in [1.807, 2.05) is 24.3 Å². The van der Waals surface area contributed by atoms with Crippen LogP contribution in [0, 0.1) is 0 Å². The average Bonchev–Trinajstić information content (AvgIpc) is 3.31. The summed E-state index contributed by atoms with van der Waals surface area (Å²) < 4.78 is 11.4. The molecule has 0 aliphatic rings. The summed E-state index contributed by atoms with van der Waals surface area (Å²) in [6.45, 7) is 1.81. The molecule has 4 rings (SSSR count). The lowest BCUT2D eigenvalue weighted by molar-refractivity contribution is -0.116. The van der Waals surface area contributed by atoms with E-state index in [-0.39, 0.29) is 17.5 Å². The van der Waals surface area contributed by atoms with E-state index < -0.39 is 5.91 Å². The number of primary amides is 1. The zero-order chi connectivity index (χ0) is 23.4. The van der Waals surface area contributed by atoms with E-state index in [1.165, 1.54) is 13.1 Å². The molecule has 3 aromatic heterocycles. The number of furan rings is 1. The molecule has 0 unspecified atom stereocenters. The van der Waals surface area contributed by atoms with Crippen LogP contribution in [0.4, 0.5) is 17.2 Å². The Kier molecular flexibility index (Phi) is 6.16. The molecule has 10 heteroatoms. The van der Waals surface area contributed by atoms with Gasteiger partial charge in [0.1, 0.15) is 5.69 Å². The van der Waals surface area contributed by atoms with E-state index in [0.717, 1.165) is 16.9 Å². The predicted octanol–water partition coefficient (Wildman–Crippen LogP) is 3.06. The van der Waals surface area contributed by atoms with Gasteiger partial charge in [-0.05, 0) is 48.0 Å². The fraction of sp³-hybridized carbons (Fsp3) is 0.174. The lowest BCUT2D eigenvalue weighted by atomic mass is 10.2. The van der Waals surface area contributed by atoms with Crippen LogP contribution in [-0.2, 0) is 11.2 Å². The van der Waals surface area contributed by atoms with E-state index in [9.17, 15) is 9.59 Å². The Morgan fingerprint density at radius 3 is 2.67 bits per heavy atom. The van der Waals surface area contributed by atoms with Gasteiger partial charge in [0.25, 0.3) is 11.8 Å². The molecule has 0 radical (unpaired) electrons. The summed E-state index contributed by atoms with van der Waals surface area (Å²) in [4.78, 5) is 28.3. The van der Waals surface area contributed by atoms with Gasteiger partial charge in [-0.1, -0.05) is 0 Å². The quantitative estimate of drug-likeness (QED) is 0.421. The van der Waals surface area contributed by atoms with Gasteiger partial charge < -0.3 is 25.1 Å². The molecule has 10 nitrogen and oxygen atoms in total. The first kappa shape index (κ1) is 21.8. The number of anilines is 3. The Hall–Kier alpha value is -4.47. The Morgan fingerprint density at radius 2 is 1.94 bits per heavy atom. The second-order valence-electron chi connectivity index (χ2n) is 7.28. The van der Waals surface area contributed by atoms with Crippen LogP contribution in [0.3, 0.4) is 0 Å². The summed E-state index contributed by atoms with van der Waals surface area (Å²) in [5, 5.41) is 12.3. The van der Waals surface area contributed by atoms with Crippen LogP contribution in [-0.4, -0.2) is 40.7 Å². The van der Waals surface area contributed by atoms with Gasteiger partial charge >= 0.3 is 0 Å². The normalized spacial score (nSPS) is 10.7. The van der Waals surface area contributed by atoms with Crippen molar-refractivity contribution in [3.63, 3.8) is 0 Å². The maximum atomic E-state index is 11.5. The molecule has 0 spiro atoms. The second kappa shape index (κ2) is 9.35. The van der Waals surface area contributed by atoms with Gasteiger partial charge in [-0.25, -0.2) is 0 Å². The Morgan fingerprint density at radius 1 is 1.15 bits per heavy atom. The number of hydrogen-bond donors (Lipinski definition) is 2. The first-order chi connectivity index (χ1) is 15.9. The zero-order valence-electron chi connectivity index (χ0n) is 18.1. The number of hydrogen-bond acceptors (Lipinski definition) is 8.